The molecule has 0 bridgehead atoms. The van der Waals surface area contributed by atoms with E-state index in [4.69, 9.17) is 5.11 Å². The van der Waals surface area contributed by atoms with Gasteiger partial charge in [0.2, 0.25) is 0 Å². The van der Waals surface area contributed by atoms with Crippen molar-refractivity contribution in [3.8, 4) is 5.75 Å². The number of carbonyl (C=O) groups is 2. The molecule has 1 rings (SSSR count). The minimum absolute atomic E-state index is 0.0103. The summed E-state index contributed by atoms with van der Waals surface area (Å²) in [5.41, 5.74) is -1.54. The van der Waals surface area contributed by atoms with Crippen molar-refractivity contribution in [2.45, 2.75) is 18.9 Å². The summed E-state index contributed by atoms with van der Waals surface area (Å²) < 4.78 is 0. The predicted octanol–water partition coefficient (Wildman–Crippen LogP) is -0.257. The average molecular weight is 254 g/mol. The SMILES string of the molecule is CC(O)(CNC(=O)c1ccncc1O)CC(=O)O. The summed E-state index contributed by atoms with van der Waals surface area (Å²) in [7, 11) is 0. The quantitative estimate of drug-likeness (QED) is 0.574. The molecule has 0 aliphatic carbocycles. The van der Waals surface area contributed by atoms with E-state index in [9.17, 15) is 19.8 Å². The number of aliphatic carboxylic acids is 1. The highest BCUT2D eigenvalue weighted by Crippen LogP contribution is 2.14. The van der Waals surface area contributed by atoms with E-state index in [2.05, 4.69) is 10.3 Å². The number of nitrogens with one attached hydrogen (secondary N) is 1. The fourth-order valence-electron chi connectivity index (χ4n) is 1.33. The summed E-state index contributed by atoms with van der Waals surface area (Å²) in [5, 5.41) is 30.0. The van der Waals surface area contributed by atoms with Gasteiger partial charge in [0.25, 0.3) is 5.91 Å². The summed E-state index contributed by atoms with van der Waals surface area (Å²) >= 11 is 0. The van der Waals surface area contributed by atoms with Gasteiger partial charge in [0.1, 0.15) is 5.75 Å². The van der Waals surface area contributed by atoms with Crippen molar-refractivity contribution in [3.05, 3.63) is 24.0 Å². The van der Waals surface area contributed by atoms with Crippen molar-refractivity contribution in [3.63, 3.8) is 0 Å². The van der Waals surface area contributed by atoms with Crippen molar-refractivity contribution >= 4 is 11.9 Å². The number of carboxylic acids is 1. The van der Waals surface area contributed by atoms with Crippen LogP contribution in [0.4, 0.5) is 0 Å². The summed E-state index contributed by atoms with van der Waals surface area (Å²) in [5.74, 6) is -2.06. The van der Waals surface area contributed by atoms with Gasteiger partial charge >= 0.3 is 5.97 Å². The lowest BCUT2D eigenvalue weighted by Crippen LogP contribution is -2.42. The number of aliphatic hydroxyl groups is 1. The number of aromatic nitrogens is 1. The molecule has 0 spiro atoms. The first-order chi connectivity index (χ1) is 8.32. The molecule has 0 radical (unpaired) electrons. The van der Waals surface area contributed by atoms with Crippen LogP contribution in [-0.4, -0.2) is 44.3 Å². The Bertz CT molecular complexity index is 459. The Labute approximate surface area is 103 Å². The molecule has 1 unspecified atom stereocenters. The maximum absolute atomic E-state index is 11.6. The Morgan fingerprint density at radius 2 is 2.17 bits per heavy atom. The second-order valence-electron chi connectivity index (χ2n) is 4.14. The van der Waals surface area contributed by atoms with Crippen LogP contribution in [0, 0.1) is 0 Å². The molecule has 18 heavy (non-hydrogen) atoms. The summed E-state index contributed by atoms with van der Waals surface area (Å²) in [4.78, 5) is 25.7. The van der Waals surface area contributed by atoms with Crippen LogP contribution in [0.1, 0.15) is 23.7 Å². The number of amides is 1. The van der Waals surface area contributed by atoms with Crippen molar-refractivity contribution in [1.29, 1.82) is 0 Å². The van der Waals surface area contributed by atoms with Gasteiger partial charge < -0.3 is 20.6 Å². The molecule has 0 aromatic carbocycles. The van der Waals surface area contributed by atoms with Gasteiger partial charge in [-0.05, 0) is 13.0 Å². The van der Waals surface area contributed by atoms with Crippen molar-refractivity contribution in [1.82, 2.24) is 10.3 Å². The summed E-state index contributed by atoms with van der Waals surface area (Å²) in [6.07, 6.45) is 1.96. The normalized spacial score (nSPS) is 13.7. The first-order valence-electron chi connectivity index (χ1n) is 5.17. The number of hydrogen-bond donors (Lipinski definition) is 4. The number of pyridine rings is 1. The number of hydrogen-bond acceptors (Lipinski definition) is 5. The van der Waals surface area contributed by atoms with E-state index >= 15 is 0 Å². The van der Waals surface area contributed by atoms with Crippen LogP contribution in [-0.2, 0) is 4.79 Å². The minimum Gasteiger partial charge on any atom is -0.505 e. The Morgan fingerprint density at radius 3 is 2.72 bits per heavy atom. The topological polar surface area (TPSA) is 120 Å². The highest BCUT2D eigenvalue weighted by atomic mass is 16.4. The molecule has 0 fully saturated rings. The standard InChI is InChI=1S/C11H14N2O5/c1-11(18,4-9(15)16)6-13-10(17)7-2-3-12-5-8(7)14/h2-3,5,14,18H,4,6H2,1H3,(H,13,17)(H,15,16). The molecule has 0 saturated carbocycles. The van der Waals surface area contributed by atoms with E-state index in [1.807, 2.05) is 0 Å². The monoisotopic (exact) mass is 254 g/mol. The number of carboxylic acid groups (broad SMARTS) is 1. The van der Waals surface area contributed by atoms with Gasteiger partial charge in [0.05, 0.1) is 23.8 Å². The molecule has 1 aromatic heterocycles. The number of nitrogens with zero attached hydrogens (tertiary/aromatic N) is 1. The van der Waals surface area contributed by atoms with Gasteiger partial charge in [0.15, 0.2) is 0 Å². The molecular weight excluding hydrogens is 240 g/mol. The van der Waals surface area contributed by atoms with Crippen LogP contribution in [0.5, 0.6) is 5.75 Å². The van der Waals surface area contributed by atoms with E-state index in [1.54, 1.807) is 0 Å². The first kappa shape index (κ1) is 13.9. The van der Waals surface area contributed by atoms with E-state index < -0.39 is 23.9 Å². The molecular formula is C11H14N2O5. The highest BCUT2D eigenvalue weighted by molar-refractivity contribution is 5.96. The van der Waals surface area contributed by atoms with E-state index in [-0.39, 0.29) is 17.9 Å². The molecule has 0 aliphatic heterocycles. The third-order valence-corrected chi connectivity index (χ3v) is 2.21. The maximum Gasteiger partial charge on any atom is 0.306 e. The number of rotatable bonds is 5. The van der Waals surface area contributed by atoms with Gasteiger partial charge in [-0.25, -0.2) is 0 Å². The third kappa shape index (κ3) is 4.02. The lowest BCUT2D eigenvalue weighted by molar-refractivity contribution is -0.141. The van der Waals surface area contributed by atoms with E-state index in [0.29, 0.717) is 0 Å². The smallest absolute Gasteiger partial charge is 0.306 e. The largest absolute Gasteiger partial charge is 0.505 e. The fraction of sp³-hybridized carbons (Fsp3) is 0.364. The third-order valence-electron chi connectivity index (χ3n) is 2.21. The van der Waals surface area contributed by atoms with E-state index in [0.717, 1.165) is 6.20 Å². The Morgan fingerprint density at radius 1 is 1.50 bits per heavy atom. The van der Waals surface area contributed by atoms with Crippen LogP contribution >= 0.6 is 0 Å². The van der Waals surface area contributed by atoms with Gasteiger partial charge in [-0.2, -0.15) is 0 Å². The molecule has 7 nitrogen and oxygen atoms in total. The number of aromatic hydroxyl groups is 1. The molecule has 1 atom stereocenters. The average Bonchev–Trinajstić information content (AvgIpc) is 2.25. The zero-order chi connectivity index (χ0) is 13.8. The molecule has 1 aromatic rings. The molecule has 1 amide bonds. The second kappa shape index (κ2) is 5.46. The lowest BCUT2D eigenvalue weighted by atomic mass is 10.0. The Hall–Kier alpha value is -2.15. The zero-order valence-electron chi connectivity index (χ0n) is 9.75. The highest BCUT2D eigenvalue weighted by Gasteiger charge is 2.25. The first-order valence-corrected chi connectivity index (χ1v) is 5.17. The van der Waals surface area contributed by atoms with Gasteiger partial charge in [0, 0.05) is 12.7 Å². The summed E-state index contributed by atoms with van der Waals surface area (Å²) in [6, 6.07) is 1.32. The Kier molecular flexibility index (Phi) is 4.22. The summed E-state index contributed by atoms with van der Waals surface area (Å²) in [6.45, 7) is 1.06. The van der Waals surface area contributed by atoms with Gasteiger partial charge in [-0.3, -0.25) is 14.6 Å². The van der Waals surface area contributed by atoms with E-state index in [1.165, 1.54) is 19.2 Å². The fourth-order valence-corrected chi connectivity index (χ4v) is 1.33. The van der Waals surface area contributed by atoms with Crippen LogP contribution in [0.3, 0.4) is 0 Å². The zero-order valence-corrected chi connectivity index (χ0v) is 9.75. The van der Waals surface area contributed by atoms with Crippen molar-refractivity contribution in [2.75, 3.05) is 6.54 Å². The maximum atomic E-state index is 11.6. The molecule has 0 saturated heterocycles. The van der Waals surface area contributed by atoms with Crippen molar-refractivity contribution in [2.24, 2.45) is 0 Å². The van der Waals surface area contributed by atoms with Crippen LogP contribution in [0.2, 0.25) is 0 Å². The van der Waals surface area contributed by atoms with Crippen molar-refractivity contribution < 1.29 is 24.9 Å². The van der Waals surface area contributed by atoms with Gasteiger partial charge in [-0.15, -0.1) is 0 Å². The molecule has 0 aliphatic rings. The second-order valence-corrected chi connectivity index (χ2v) is 4.14. The molecule has 4 N–H and O–H groups in total. The van der Waals surface area contributed by atoms with Crippen LogP contribution in [0.25, 0.3) is 0 Å². The molecule has 7 heteroatoms. The predicted molar refractivity (Wildman–Crippen MR) is 61.1 cm³/mol. The Balaban J connectivity index is 2.62. The van der Waals surface area contributed by atoms with Crippen LogP contribution < -0.4 is 5.32 Å². The number of carbonyl (C=O) groups excluding carboxylic acids is 1. The molecule has 1 heterocycles. The lowest BCUT2D eigenvalue weighted by Gasteiger charge is -2.21. The van der Waals surface area contributed by atoms with Gasteiger partial charge in [-0.1, -0.05) is 0 Å². The minimum atomic E-state index is -1.55. The van der Waals surface area contributed by atoms with Crippen LogP contribution in [0.15, 0.2) is 18.5 Å². The molecule has 98 valence electrons.